The zero-order valence-corrected chi connectivity index (χ0v) is 16.3. The minimum atomic E-state index is -0.841. The van der Waals surface area contributed by atoms with Crippen molar-refractivity contribution in [2.45, 2.75) is 19.3 Å². The van der Waals surface area contributed by atoms with E-state index in [4.69, 9.17) is 14.5 Å². The number of aromatic nitrogens is 2. The molecule has 8 heteroatoms. The number of rotatable bonds is 6. The lowest BCUT2D eigenvalue weighted by Gasteiger charge is -2.38. The number of nitriles is 1. The third-order valence-electron chi connectivity index (χ3n) is 4.72. The topological polar surface area (TPSA) is 107 Å². The highest BCUT2D eigenvalue weighted by atomic mass is 16.6. The zero-order valence-electron chi connectivity index (χ0n) is 16.3. The third-order valence-corrected chi connectivity index (χ3v) is 4.72. The molecular weight excluding hydrogens is 368 g/mol. The van der Waals surface area contributed by atoms with Crippen LogP contribution in [-0.4, -0.2) is 42.0 Å². The van der Waals surface area contributed by atoms with Crippen LogP contribution in [0.2, 0.25) is 0 Å². The number of methoxy groups -OCH3 is 1. The molecule has 2 heterocycles. The summed E-state index contributed by atoms with van der Waals surface area (Å²) in [6.45, 7) is 3.27. The Morgan fingerprint density at radius 1 is 1.17 bits per heavy atom. The van der Waals surface area contributed by atoms with E-state index < -0.39 is 5.85 Å². The number of aromatic amines is 1. The van der Waals surface area contributed by atoms with Gasteiger partial charge in [-0.2, -0.15) is 5.26 Å². The average Bonchev–Trinajstić information content (AvgIpc) is 3.19. The summed E-state index contributed by atoms with van der Waals surface area (Å²) in [7, 11) is 1.63. The van der Waals surface area contributed by atoms with Gasteiger partial charge < -0.3 is 25.1 Å². The number of nitrogens with one attached hydrogen (secondary N) is 3. The van der Waals surface area contributed by atoms with Crippen molar-refractivity contribution in [1.29, 1.82) is 5.26 Å². The number of hydrogen-bond acceptors (Lipinski definition) is 6. The Kier molecular flexibility index (Phi) is 5.16. The first kappa shape index (κ1) is 18.9. The van der Waals surface area contributed by atoms with Crippen LogP contribution in [0.4, 0.5) is 5.69 Å². The monoisotopic (exact) mass is 390 g/mol. The fraction of sp³-hybridized carbons (Fsp3) is 0.286. The molecule has 3 aromatic rings. The maximum atomic E-state index is 9.28. The molecule has 2 aromatic carbocycles. The van der Waals surface area contributed by atoms with Gasteiger partial charge in [-0.05, 0) is 35.9 Å². The van der Waals surface area contributed by atoms with Gasteiger partial charge in [0.25, 0.3) is 0 Å². The maximum absolute atomic E-state index is 9.28. The van der Waals surface area contributed by atoms with Gasteiger partial charge in [-0.1, -0.05) is 6.07 Å². The van der Waals surface area contributed by atoms with Gasteiger partial charge in [-0.3, -0.25) is 4.99 Å². The van der Waals surface area contributed by atoms with Crippen molar-refractivity contribution in [1.82, 2.24) is 15.3 Å². The highest BCUT2D eigenvalue weighted by molar-refractivity contribution is 6.06. The van der Waals surface area contributed by atoms with E-state index in [1.165, 1.54) is 0 Å². The Hall–Kier alpha value is -3.41. The van der Waals surface area contributed by atoms with Crippen molar-refractivity contribution >= 4 is 22.6 Å². The number of imidazole rings is 1. The maximum Gasteiger partial charge on any atom is 0.214 e. The summed E-state index contributed by atoms with van der Waals surface area (Å²) in [5.74, 6) is -0.174. The third kappa shape index (κ3) is 4.06. The van der Waals surface area contributed by atoms with Crippen LogP contribution in [0, 0.1) is 11.3 Å². The molecule has 0 aliphatic carbocycles. The number of hydrogen-bond donors (Lipinski definition) is 3. The van der Waals surface area contributed by atoms with Crippen molar-refractivity contribution < 1.29 is 9.47 Å². The molecule has 29 heavy (non-hydrogen) atoms. The molecule has 8 nitrogen and oxygen atoms in total. The Morgan fingerprint density at radius 3 is 2.90 bits per heavy atom. The summed E-state index contributed by atoms with van der Waals surface area (Å²) >= 11 is 0. The van der Waals surface area contributed by atoms with Crippen molar-refractivity contribution in [3.8, 4) is 6.07 Å². The van der Waals surface area contributed by atoms with Crippen molar-refractivity contribution in [2.75, 3.05) is 25.6 Å². The van der Waals surface area contributed by atoms with E-state index >= 15 is 0 Å². The summed E-state index contributed by atoms with van der Waals surface area (Å²) in [5, 5.41) is 16.0. The summed E-state index contributed by atoms with van der Waals surface area (Å²) in [6.07, 6.45) is 1.68. The van der Waals surface area contributed by atoms with Crippen LogP contribution in [0.3, 0.4) is 0 Å². The summed E-state index contributed by atoms with van der Waals surface area (Å²) in [5.41, 5.74) is 5.20. The van der Waals surface area contributed by atoms with Crippen LogP contribution in [0.15, 0.2) is 47.7 Å². The summed E-state index contributed by atoms with van der Waals surface area (Å²) < 4.78 is 11.0. The first-order valence-corrected chi connectivity index (χ1v) is 9.30. The van der Waals surface area contributed by atoms with Crippen LogP contribution in [0.1, 0.15) is 23.6 Å². The van der Waals surface area contributed by atoms with Gasteiger partial charge >= 0.3 is 0 Å². The molecule has 1 aromatic heterocycles. The number of nitrogens with zero attached hydrogens (tertiary/aromatic N) is 3. The highest BCUT2D eigenvalue weighted by Crippen LogP contribution is 2.27. The van der Waals surface area contributed by atoms with E-state index in [9.17, 15) is 5.26 Å². The predicted octanol–water partition coefficient (Wildman–Crippen LogP) is 2.73. The Balaban J connectivity index is 1.65. The Labute approximate surface area is 168 Å². The number of H-pyrrole nitrogens is 1. The first-order chi connectivity index (χ1) is 14.1. The number of fused-ring (bicyclic) bond motifs is 2. The van der Waals surface area contributed by atoms with Crippen LogP contribution in [-0.2, 0) is 16.0 Å². The second kappa shape index (κ2) is 7.91. The molecule has 1 aliphatic heterocycles. The van der Waals surface area contributed by atoms with E-state index in [1.54, 1.807) is 19.5 Å². The second-order valence-electron chi connectivity index (χ2n) is 6.92. The Bertz CT molecular complexity index is 1100. The molecule has 0 fully saturated rings. The number of amidine groups is 1. The summed E-state index contributed by atoms with van der Waals surface area (Å²) in [4.78, 5) is 12.2. The number of benzene rings is 2. The first-order valence-electron chi connectivity index (χ1n) is 9.30. The van der Waals surface area contributed by atoms with E-state index in [0.29, 0.717) is 31.2 Å². The fourth-order valence-corrected chi connectivity index (χ4v) is 3.28. The SMILES string of the molecule is COCCOC1(C)NC(=NCc2ccc3nc[nH]c3c2)c2cc(C#N)ccc2N1. The second-order valence-corrected chi connectivity index (χ2v) is 6.92. The normalized spacial score (nSPS) is 19.4. The van der Waals surface area contributed by atoms with Gasteiger partial charge in [-0.25, -0.2) is 4.98 Å². The number of aliphatic imine (C=N–C) groups is 1. The van der Waals surface area contributed by atoms with Gasteiger partial charge in [0.1, 0.15) is 5.84 Å². The Morgan fingerprint density at radius 2 is 2.07 bits per heavy atom. The molecule has 1 unspecified atom stereocenters. The predicted molar refractivity (Wildman–Crippen MR) is 110 cm³/mol. The molecule has 0 saturated heterocycles. The minimum absolute atomic E-state index is 0.419. The molecule has 0 spiro atoms. The molecule has 1 aliphatic rings. The number of anilines is 1. The van der Waals surface area contributed by atoms with Crippen LogP contribution in [0.25, 0.3) is 11.0 Å². The van der Waals surface area contributed by atoms with Crippen molar-refractivity contribution in [3.63, 3.8) is 0 Å². The van der Waals surface area contributed by atoms with E-state index in [-0.39, 0.29) is 0 Å². The minimum Gasteiger partial charge on any atom is -0.382 e. The van der Waals surface area contributed by atoms with Crippen molar-refractivity contribution in [2.24, 2.45) is 4.99 Å². The number of ether oxygens (including phenoxy) is 2. The van der Waals surface area contributed by atoms with Gasteiger partial charge in [0, 0.05) is 25.3 Å². The molecule has 0 radical (unpaired) electrons. The molecule has 0 amide bonds. The molecule has 1 atom stereocenters. The standard InChI is InChI=1S/C21H22N6O2/c1-21(29-8-7-28-2)26-17-5-3-14(11-22)9-16(17)20(27-21)23-12-15-4-6-18-19(10-15)25-13-24-18/h3-6,9-10,13,26H,7-8,12H2,1-2H3,(H,23,27)(H,24,25). The van der Waals surface area contributed by atoms with Gasteiger partial charge in [0.05, 0.1) is 48.8 Å². The van der Waals surface area contributed by atoms with Crippen LogP contribution >= 0.6 is 0 Å². The van der Waals surface area contributed by atoms with Gasteiger partial charge in [0.15, 0.2) is 0 Å². The highest BCUT2D eigenvalue weighted by Gasteiger charge is 2.33. The van der Waals surface area contributed by atoms with Gasteiger partial charge in [0.2, 0.25) is 5.85 Å². The van der Waals surface area contributed by atoms with Crippen LogP contribution < -0.4 is 10.6 Å². The van der Waals surface area contributed by atoms with E-state index in [2.05, 4.69) is 26.7 Å². The summed E-state index contributed by atoms with van der Waals surface area (Å²) in [6, 6.07) is 13.7. The zero-order chi connectivity index (χ0) is 20.3. The molecule has 3 N–H and O–H groups in total. The smallest absolute Gasteiger partial charge is 0.214 e. The van der Waals surface area contributed by atoms with Gasteiger partial charge in [-0.15, -0.1) is 0 Å². The average molecular weight is 390 g/mol. The van der Waals surface area contributed by atoms with E-state index in [0.717, 1.165) is 27.8 Å². The fourth-order valence-electron chi connectivity index (χ4n) is 3.28. The molecule has 0 saturated carbocycles. The van der Waals surface area contributed by atoms with E-state index in [1.807, 2.05) is 37.3 Å². The molecular formula is C21H22N6O2. The lowest BCUT2D eigenvalue weighted by atomic mass is 10.0. The molecule has 148 valence electrons. The quantitative estimate of drug-likeness (QED) is 0.559. The van der Waals surface area contributed by atoms with Crippen LogP contribution in [0.5, 0.6) is 0 Å². The molecule has 0 bridgehead atoms. The molecule has 4 rings (SSSR count). The lowest BCUT2D eigenvalue weighted by molar-refractivity contribution is -0.0431. The van der Waals surface area contributed by atoms with Crippen molar-refractivity contribution in [3.05, 3.63) is 59.4 Å². The lowest BCUT2D eigenvalue weighted by Crippen LogP contribution is -2.58. The largest absolute Gasteiger partial charge is 0.382 e.